The maximum absolute atomic E-state index is 14.1. The minimum Gasteiger partial charge on any atom is -0.433 e. The minimum absolute atomic E-state index is 0.00483. The summed E-state index contributed by atoms with van der Waals surface area (Å²) < 4.78 is 10.7. The van der Waals surface area contributed by atoms with Crippen molar-refractivity contribution in [1.82, 2.24) is 15.5 Å². The second-order valence-electron chi connectivity index (χ2n) is 11.7. The van der Waals surface area contributed by atoms with Gasteiger partial charge in [0.05, 0.1) is 17.1 Å². The molecule has 3 fully saturated rings. The topological polar surface area (TPSA) is 143 Å². The van der Waals surface area contributed by atoms with Crippen LogP contribution in [0.1, 0.15) is 70.7 Å². The summed E-state index contributed by atoms with van der Waals surface area (Å²) in [6.07, 6.45) is 1.42. The number of esters is 1. The molecule has 2 bridgehead atoms. The highest BCUT2D eigenvalue weighted by atomic mass is 35.5. The molecule has 2 heterocycles. The fourth-order valence-electron chi connectivity index (χ4n) is 5.84. The Balaban J connectivity index is 1.53. The molecule has 6 unspecified atom stereocenters. The SMILES string of the molecule is CCOC1OC(=O)CC1NC(=O)C1C2CCC(C2)N1C(=O)C(NC(=O)c1ccc(NC(C)=O)c(Cl)c1)C(C)(C)C. The summed E-state index contributed by atoms with van der Waals surface area (Å²) in [5.41, 5.74) is -0.0790. The normalized spacial score (nSPS) is 26.3. The quantitative estimate of drug-likeness (QED) is 0.404. The predicted octanol–water partition coefficient (Wildman–Crippen LogP) is 2.62. The van der Waals surface area contributed by atoms with Crippen LogP contribution >= 0.6 is 11.6 Å². The number of hydrogen-bond acceptors (Lipinski definition) is 7. The van der Waals surface area contributed by atoms with E-state index in [-0.39, 0.29) is 46.7 Å². The molecule has 4 amide bonds. The van der Waals surface area contributed by atoms with Gasteiger partial charge in [-0.15, -0.1) is 0 Å². The van der Waals surface area contributed by atoms with E-state index in [9.17, 15) is 24.0 Å². The van der Waals surface area contributed by atoms with Crippen molar-refractivity contribution < 1.29 is 33.4 Å². The number of likely N-dealkylation sites (tertiary alicyclic amines) is 1. The molecule has 3 aliphatic rings. The van der Waals surface area contributed by atoms with E-state index in [1.165, 1.54) is 25.1 Å². The van der Waals surface area contributed by atoms with Gasteiger partial charge < -0.3 is 30.3 Å². The van der Waals surface area contributed by atoms with Gasteiger partial charge in [-0.25, -0.2) is 0 Å². The number of carbonyl (C=O) groups excluding carboxylic acids is 5. The third-order valence-electron chi connectivity index (χ3n) is 7.66. The lowest BCUT2D eigenvalue weighted by Crippen LogP contribution is -2.62. The number of amides is 4. The number of ether oxygens (including phenoxy) is 2. The average Bonchev–Trinajstić information content (AvgIpc) is 3.57. The molecular weight excluding hydrogens is 540 g/mol. The van der Waals surface area contributed by atoms with Crippen LogP contribution in [0.4, 0.5) is 5.69 Å². The van der Waals surface area contributed by atoms with E-state index in [0.717, 1.165) is 12.8 Å². The van der Waals surface area contributed by atoms with Crippen molar-refractivity contribution in [1.29, 1.82) is 0 Å². The molecular formula is C28H37ClN4O7. The molecule has 3 N–H and O–H groups in total. The summed E-state index contributed by atoms with van der Waals surface area (Å²) >= 11 is 6.26. The van der Waals surface area contributed by atoms with Crippen LogP contribution in [0.2, 0.25) is 5.02 Å². The molecule has 2 aliphatic heterocycles. The zero-order chi connectivity index (χ0) is 29.4. The fraction of sp³-hybridized carbons (Fsp3) is 0.607. The molecule has 1 saturated carbocycles. The van der Waals surface area contributed by atoms with Crippen LogP contribution in [0.5, 0.6) is 0 Å². The molecule has 11 nitrogen and oxygen atoms in total. The van der Waals surface area contributed by atoms with Crippen LogP contribution in [-0.4, -0.2) is 71.6 Å². The summed E-state index contributed by atoms with van der Waals surface area (Å²) in [4.78, 5) is 65.8. The molecule has 2 saturated heterocycles. The number of nitrogens with one attached hydrogen (secondary N) is 3. The Kier molecular flexibility index (Phi) is 8.75. The van der Waals surface area contributed by atoms with Crippen molar-refractivity contribution in [2.75, 3.05) is 11.9 Å². The highest BCUT2D eigenvalue weighted by Gasteiger charge is 2.54. The monoisotopic (exact) mass is 576 g/mol. The Morgan fingerprint density at radius 2 is 1.93 bits per heavy atom. The molecule has 40 heavy (non-hydrogen) atoms. The van der Waals surface area contributed by atoms with E-state index in [0.29, 0.717) is 18.7 Å². The Morgan fingerprint density at radius 1 is 1.20 bits per heavy atom. The third-order valence-corrected chi connectivity index (χ3v) is 7.97. The molecule has 12 heteroatoms. The first-order valence-corrected chi connectivity index (χ1v) is 14.0. The average molecular weight is 577 g/mol. The van der Waals surface area contributed by atoms with E-state index in [4.69, 9.17) is 21.1 Å². The van der Waals surface area contributed by atoms with Crippen LogP contribution in [-0.2, 0) is 28.7 Å². The molecule has 6 atom stereocenters. The first-order valence-electron chi connectivity index (χ1n) is 13.6. The minimum atomic E-state index is -0.934. The van der Waals surface area contributed by atoms with Crippen LogP contribution in [0.15, 0.2) is 18.2 Å². The largest absolute Gasteiger partial charge is 0.433 e. The maximum atomic E-state index is 14.1. The van der Waals surface area contributed by atoms with E-state index >= 15 is 0 Å². The van der Waals surface area contributed by atoms with E-state index in [1.807, 2.05) is 20.8 Å². The Hall–Kier alpha value is -3.18. The molecule has 0 spiro atoms. The number of hydrogen-bond donors (Lipinski definition) is 3. The number of cyclic esters (lactones) is 1. The second-order valence-corrected chi connectivity index (χ2v) is 12.1. The van der Waals surface area contributed by atoms with Gasteiger partial charge in [0.15, 0.2) is 0 Å². The highest BCUT2D eigenvalue weighted by molar-refractivity contribution is 6.34. The van der Waals surface area contributed by atoms with Gasteiger partial charge in [-0.2, -0.15) is 0 Å². The van der Waals surface area contributed by atoms with E-state index in [1.54, 1.807) is 11.8 Å². The molecule has 1 aromatic carbocycles. The van der Waals surface area contributed by atoms with Crippen LogP contribution in [0, 0.1) is 11.3 Å². The number of rotatable bonds is 8. The summed E-state index contributed by atoms with van der Waals surface area (Å²) in [5, 5.41) is 8.54. The zero-order valence-corrected chi connectivity index (χ0v) is 24.2. The van der Waals surface area contributed by atoms with Crippen LogP contribution < -0.4 is 16.0 Å². The van der Waals surface area contributed by atoms with Gasteiger partial charge in [0, 0.05) is 25.1 Å². The number of nitrogens with zero attached hydrogens (tertiary/aromatic N) is 1. The number of halogens is 1. The summed E-state index contributed by atoms with van der Waals surface area (Å²) in [5.74, 6) is -1.96. The molecule has 0 radical (unpaired) electrons. The first kappa shape index (κ1) is 29.8. The van der Waals surface area contributed by atoms with Crippen molar-refractivity contribution in [2.24, 2.45) is 11.3 Å². The third kappa shape index (κ3) is 6.25. The zero-order valence-electron chi connectivity index (χ0n) is 23.4. The van der Waals surface area contributed by atoms with Crippen LogP contribution in [0.3, 0.4) is 0 Å². The van der Waals surface area contributed by atoms with Gasteiger partial charge in [-0.1, -0.05) is 32.4 Å². The van der Waals surface area contributed by atoms with Gasteiger partial charge in [0.25, 0.3) is 5.91 Å². The van der Waals surface area contributed by atoms with Crippen molar-refractivity contribution in [3.63, 3.8) is 0 Å². The number of fused-ring (bicyclic) bond motifs is 2. The number of anilines is 1. The van der Waals surface area contributed by atoms with Gasteiger partial charge in [-0.05, 0) is 55.7 Å². The number of piperidine rings is 1. The van der Waals surface area contributed by atoms with Gasteiger partial charge in [0.2, 0.25) is 24.0 Å². The fourth-order valence-corrected chi connectivity index (χ4v) is 6.07. The summed E-state index contributed by atoms with van der Waals surface area (Å²) in [6, 6.07) is 2.06. The van der Waals surface area contributed by atoms with E-state index in [2.05, 4.69) is 16.0 Å². The Bertz CT molecular complexity index is 1200. The van der Waals surface area contributed by atoms with Gasteiger partial charge >= 0.3 is 5.97 Å². The van der Waals surface area contributed by atoms with E-state index < -0.39 is 41.7 Å². The molecule has 218 valence electrons. The van der Waals surface area contributed by atoms with Crippen molar-refractivity contribution >= 4 is 46.9 Å². The number of benzene rings is 1. The highest BCUT2D eigenvalue weighted by Crippen LogP contribution is 2.44. The first-order chi connectivity index (χ1) is 18.8. The Morgan fingerprint density at radius 3 is 2.55 bits per heavy atom. The predicted molar refractivity (Wildman–Crippen MR) is 146 cm³/mol. The lowest BCUT2D eigenvalue weighted by molar-refractivity contribution is -0.165. The molecule has 0 aromatic heterocycles. The lowest BCUT2D eigenvalue weighted by atomic mass is 9.84. The van der Waals surface area contributed by atoms with Crippen molar-refractivity contribution in [3.05, 3.63) is 28.8 Å². The standard InChI is InChI=1S/C28H37ClN4O7/c1-6-39-27-20(13-21(35)40-27)31-25(37)22-15-7-9-17(11-15)33(22)26(38)23(28(3,4)5)32-24(36)16-8-10-19(18(29)12-16)30-14(2)34/h8,10,12,15,17,20,22-23,27H,6-7,9,11,13H2,1-5H3,(H,30,34)(H,31,37)(H,32,36). The van der Waals surface area contributed by atoms with Crippen molar-refractivity contribution in [3.8, 4) is 0 Å². The van der Waals surface area contributed by atoms with Gasteiger partial charge in [0.1, 0.15) is 18.1 Å². The molecule has 1 aliphatic carbocycles. The molecule has 4 rings (SSSR count). The maximum Gasteiger partial charge on any atom is 0.310 e. The Labute approximate surface area is 238 Å². The summed E-state index contributed by atoms with van der Waals surface area (Å²) in [6.45, 7) is 8.99. The smallest absolute Gasteiger partial charge is 0.310 e. The number of carbonyl (C=O) groups is 5. The van der Waals surface area contributed by atoms with Gasteiger partial charge in [-0.3, -0.25) is 24.0 Å². The van der Waals surface area contributed by atoms with Crippen molar-refractivity contribution in [2.45, 2.75) is 90.8 Å². The van der Waals surface area contributed by atoms with Crippen LogP contribution in [0.25, 0.3) is 0 Å². The lowest BCUT2D eigenvalue weighted by Gasteiger charge is -2.40. The second kappa shape index (κ2) is 11.7. The summed E-state index contributed by atoms with van der Waals surface area (Å²) in [7, 11) is 0. The molecule has 1 aromatic rings.